The molecule has 0 bridgehead atoms. The van der Waals surface area contributed by atoms with Gasteiger partial charge in [0, 0.05) is 18.0 Å². The molecule has 26 heavy (non-hydrogen) atoms. The summed E-state index contributed by atoms with van der Waals surface area (Å²) in [5.74, 6) is -2.08. The third-order valence-corrected chi connectivity index (χ3v) is 4.07. The number of nitrogens with zero attached hydrogens (tertiary/aromatic N) is 4. The lowest BCUT2D eigenvalue weighted by Gasteiger charge is -2.19. The van der Waals surface area contributed by atoms with Crippen LogP contribution in [0.5, 0.6) is 0 Å². The van der Waals surface area contributed by atoms with Crippen molar-refractivity contribution in [1.82, 2.24) is 20.2 Å². The van der Waals surface area contributed by atoms with Crippen molar-refractivity contribution in [2.75, 3.05) is 5.32 Å². The fraction of sp³-hybridized carbons (Fsp3) is 0.250. The number of hydrogen-bond acceptors (Lipinski definition) is 6. The van der Waals surface area contributed by atoms with E-state index in [1.54, 1.807) is 0 Å². The third-order valence-electron chi connectivity index (χ3n) is 4.07. The first-order chi connectivity index (χ1) is 12.5. The summed E-state index contributed by atoms with van der Waals surface area (Å²) >= 11 is 0. The molecule has 0 spiro atoms. The normalized spacial score (nSPS) is 15.3. The SMILES string of the molecule is Fc1cccc(F)c1C1(Nc2ncc(-c3nnc(C(F)F)o3)cn2)CC1. The lowest BCUT2D eigenvalue weighted by molar-refractivity contribution is 0.116. The van der Waals surface area contributed by atoms with E-state index in [1.807, 2.05) is 0 Å². The molecule has 1 aliphatic carbocycles. The molecule has 1 saturated carbocycles. The Hall–Kier alpha value is -3.04. The number of nitrogens with one attached hydrogen (secondary N) is 1. The standard InChI is InChI=1S/C16H11F4N5O/c17-9-2-1-3-10(18)11(9)16(4-5-16)23-15-21-6-8(7-22-15)13-24-25-14(26-13)12(19)20/h1-3,6-7,12H,4-5H2,(H,21,22,23). The highest BCUT2D eigenvalue weighted by atomic mass is 19.3. The molecular formula is C16H11F4N5O. The average Bonchev–Trinajstić information content (AvgIpc) is 3.19. The van der Waals surface area contributed by atoms with Gasteiger partial charge in [-0.15, -0.1) is 10.2 Å². The zero-order valence-electron chi connectivity index (χ0n) is 13.1. The van der Waals surface area contributed by atoms with Crippen molar-refractivity contribution in [3.8, 4) is 11.5 Å². The minimum Gasteiger partial charge on any atom is -0.415 e. The van der Waals surface area contributed by atoms with Crippen LogP contribution in [-0.4, -0.2) is 20.2 Å². The van der Waals surface area contributed by atoms with E-state index < -0.39 is 29.5 Å². The number of anilines is 1. The Morgan fingerprint density at radius 1 is 1.04 bits per heavy atom. The first-order valence-electron chi connectivity index (χ1n) is 7.65. The third kappa shape index (κ3) is 2.87. The Balaban J connectivity index is 1.56. The fourth-order valence-corrected chi connectivity index (χ4v) is 2.67. The van der Waals surface area contributed by atoms with E-state index >= 15 is 0 Å². The van der Waals surface area contributed by atoms with Gasteiger partial charge in [0.2, 0.25) is 5.95 Å². The van der Waals surface area contributed by atoms with Gasteiger partial charge in [-0.25, -0.2) is 18.7 Å². The first-order valence-corrected chi connectivity index (χ1v) is 7.65. The number of rotatable bonds is 5. The summed E-state index contributed by atoms with van der Waals surface area (Å²) in [6.07, 6.45) is 0.774. The van der Waals surface area contributed by atoms with Crippen LogP contribution in [-0.2, 0) is 5.54 Å². The van der Waals surface area contributed by atoms with Gasteiger partial charge in [-0.05, 0) is 25.0 Å². The molecule has 0 aliphatic heterocycles. The lowest BCUT2D eigenvalue weighted by Crippen LogP contribution is -2.23. The average molecular weight is 365 g/mol. The molecule has 10 heteroatoms. The van der Waals surface area contributed by atoms with Gasteiger partial charge in [0.1, 0.15) is 11.6 Å². The Bertz CT molecular complexity index is 920. The number of hydrogen-bond donors (Lipinski definition) is 1. The van der Waals surface area contributed by atoms with Crippen LogP contribution in [0.25, 0.3) is 11.5 Å². The summed E-state index contributed by atoms with van der Waals surface area (Å²) in [6, 6.07) is 3.69. The molecular weight excluding hydrogens is 354 g/mol. The van der Waals surface area contributed by atoms with Crippen molar-refractivity contribution in [3.63, 3.8) is 0 Å². The van der Waals surface area contributed by atoms with Gasteiger partial charge in [0.05, 0.1) is 11.1 Å². The monoisotopic (exact) mass is 365 g/mol. The van der Waals surface area contributed by atoms with Crippen LogP contribution in [0.15, 0.2) is 35.0 Å². The predicted octanol–water partition coefficient (Wildman–Crippen LogP) is 3.84. The molecule has 0 amide bonds. The van der Waals surface area contributed by atoms with Crippen LogP contribution in [0.4, 0.5) is 23.5 Å². The van der Waals surface area contributed by atoms with E-state index in [0.29, 0.717) is 12.8 Å². The largest absolute Gasteiger partial charge is 0.415 e. The molecule has 2 aromatic heterocycles. The maximum Gasteiger partial charge on any atom is 0.314 e. The second kappa shape index (κ2) is 6.04. The summed E-state index contributed by atoms with van der Waals surface area (Å²) < 4.78 is 57.8. The molecule has 3 aromatic rings. The van der Waals surface area contributed by atoms with E-state index in [0.717, 1.165) is 0 Å². The van der Waals surface area contributed by atoms with E-state index in [4.69, 9.17) is 4.42 Å². The van der Waals surface area contributed by atoms with Gasteiger partial charge in [0.25, 0.3) is 11.8 Å². The fourth-order valence-electron chi connectivity index (χ4n) is 2.67. The van der Waals surface area contributed by atoms with E-state index in [2.05, 4.69) is 25.5 Å². The molecule has 2 heterocycles. The van der Waals surface area contributed by atoms with E-state index in [-0.39, 0.29) is 23.0 Å². The number of benzene rings is 1. The highest BCUT2D eigenvalue weighted by Gasteiger charge is 2.48. The second-order valence-electron chi connectivity index (χ2n) is 5.85. The predicted molar refractivity (Wildman–Crippen MR) is 81.2 cm³/mol. The molecule has 0 unspecified atom stereocenters. The minimum atomic E-state index is -2.87. The van der Waals surface area contributed by atoms with Crippen molar-refractivity contribution in [2.45, 2.75) is 24.8 Å². The molecule has 1 N–H and O–H groups in total. The zero-order chi connectivity index (χ0) is 18.3. The zero-order valence-corrected chi connectivity index (χ0v) is 13.1. The van der Waals surface area contributed by atoms with E-state index in [9.17, 15) is 17.6 Å². The van der Waals surface area contributed by atoms with Gasteiger partial charge >= 0.3 is 6.43 Å². The van der Waals surface area contributed by atoms with Crippen LogP contribution in [0, 0.1) is 11.6 Å². The summed E-state index contributed by atoms with van der Waals surface area (Å²) in [5, 5.41) is 9.66. The van der Waals surface area contributed by atoms with Gasteiger partial charge in [0.15, 0.2) is 0 Å². The summed E-state index contributed by atoms with van der Waals surface area (Å²) in [6.45, 7) is 0. The maximum atomic E-state index is 14.0. The molecule has 0 atom stereocenters. The van der Waals surface area contributed by atoms with E-state index in [1.165, 1.54) is 30.6 Å². The van der Waals surface area contributed by atoms with Gasteiger partial charge in [-0.3, -0.25) is 0 Å². The summed E-state index contributed by atoms with van der Waals surface area (Å²) in [7, 11) is 0. The van der Waals surface area contributed by atoms with Crippen LogP contribution >= 0.6 is 0 Å². The molecule has 134 valence electrons. The van der Waals surface area contributed by atoms with Crippen molar-refractivity contribution in [1.29, 1.82) is 0 Å². The highest BCUT2D eigenvalue weighted by molar-refractivity contribution is 5.51. The molecule has 0 radical (unpaired) electrons. The Kier molecular flexibility index (Phi) is 3.82. The topological polar surface area (TPSA) is 76.7 Å². The van der Waals surface area contributed by atoms with Crippen molar-refractivity contribution in [3.05, 3.63) is 53.7 Å². The first kappa shape index (κ1) is 16.4. The number of aromatic nitrogens is 4. The Morgan fingerprint density at radius 3 is 2.23 bits per heavy atom. The highest BCUT2D eigenvalue weighted by Crippen LogP contribution is 2.49. The Labute approximate surface area is 144 Å². The summed E-state index contributed by atoms with van der Waals surface area (Å²) in [4.78, 5) is 8.07. The molecule has 1 aromatic carbocycles. The molecule has 0 saturated heterocycles. The lowest BCUT2D eigenvalue weighted by atomic mass is 10.0. The molecule has 1 aliphatic rings. The van der Waals surface area contributed by atoms with Gasteiger partial charge in [-0.2, -0.15) is 8.78 Å². The van der Waals surface area contributed by atoms with Crippen LogP contribution in [0.1, 0.15) is 30.7 Å². The number of halogens is 4. The maximum absolute atomic E-state index is 14.0. The van der Waals surface area contributed by atoms with Crippen molar-refractivity contribution in [2.24, 2.45) is 0 Å². The smallest absolute Gasteiger partial charge is 0.314 e. The quantitative estimate of drug-likeness (QED) is 0.692. The second-order valence-corrected chi connectivity index (χ2v) is 5.85. The minimum absolute atomic E-state index is 0.0499. The Morgan fingerprint density at radius 2 is 1.69 bits per heavy atom. The molecule has 1 fully saturated rings. The summed E-state index contributed by atoms with van der Waals surface area (Å²) in [5.41, 5.74) is -0.701. The van der Waals surface area contributed by atoms with Crippen LogP contribution in [0.3, 0.4) is 0 Å². The van der Waals surface area contributed by atoms with Gasteiger partial charge < -0.3 is 9.73 Å². The van der Waals surface area contributed by atoms with Crippen LogP contribution < -0.4 is 5.32 Å². The van der Waals surface area contributed by atoms with Crippen molar-refractivity contribution >= 4 is 5.95 Å². The van der Waals surface area contributed by atoms with Crippen LogP contribution in [0.2, 0.25) is 0 Å². The van der Waals surface area contributed by atoms with Gasteiger partial charge in [-0.1, -0.05) is 6.07 Å². The molecule has 6 nitrogen and oxygen atoms in total. The molecule has 4 rings (SSSR count). The van der Waals surface area contributed by atoms with Crippen molar-refractivity contribution < 1.29 is 22.0 Å². The number of alkyl halides is 2.